The van der Waals surface area contributed by atoms with Crippen molar-refractivity contribution in [2.45, 2.75) is 6.04 Å². The van der Waals surface area contributed by atoms with Gasteiger partial charge in [-0.3, -0.25) is 4.79 Å². The second kappa shape index (κ2) is 5.53. The summed E-state index contributed by atoms with van der Waals surface area (Å²) in [5, 5.41) is 3.16. The molecule has 0 radical (unpaired) electrons. The van der Waals surface area contributed by atoms with Crippen molar-refractivity contribution in [3.63, 3.8) is 0 Å². The molecule has 7 heteroatoms. The van der Waals surface area contributed by atoms with Crippen LogP contribution in [0, 0.1) is 0 Å². The number of hydrogen-bond donors (Lipinski definition) is 2. The first-order valence-corrected chi connectivity index (χ1v) is 6.78. The van der Waals surface area contributed by atoms with E-state index in [-0.39, 0.29) is 5.91 Å². The predicted octanol–water partition coefficient (Wildman–Crippen LogP) is -0.0981. The van der Waals surface area contributed by atoms with E-state index < -0.39 is 6.04 Å². The van der Waals surface area contributed by atoms with E-state index in [9.17, 15) is 4.79 Å². The minimum atomic E-state index is -0.455. The third kappa shape index (κ3) is 2.47. The van der Waals surface area contributed by atoms with Crippen LogP contribution in [0.2, 0.25) is 0 Å². The van der Waals surface area contributed by atoms with Crippen LogP contribution >= 0.6 is 0 Å². The number of methoxy groups -OCH3 is 1. The number of anilines is 1. The number of amides is 1. The molecule has 3 N–H and O–H groups in total. The molecule has 1 unspecified atom stereocenters. The molecule has 7 nitrogen and oxygen atoms in total. The van der Waals surface area contributed by atoms with Gasteiger partial charge < -0.3 is 20.7 Å². The highest BCUT2D eigenvalue weighted by Crippen LogP contribution is 2.28. The van der Waals surface area contributed by atoms with Gasteiger partial charge in [-0.15, -0.1) is 0 Å². The molecule has 1 fully saturated rings. The molecule has 1 aliphatic heterocycles. The number of aromatic nitrogens is 2. The highest BCUT2D eigenvalue weighted by molar-refractivity contribution is 5.85. The Hall–Kier alpha value is -2.41. The van der Waals surface area contributed by atoms with Crippen molar-refractivity contribution in [2.24, 2.45) is 5.73 Å². The predicted molar refractivity (Wildman–Crippen MR) is 79.3 cm³/mol. The molecule has 1 aliphatic rings. The van der Waals surface area contributed by atoms with Gasteiger partial charge in [0.1, 0.15) is 6.04 Å². The summed E-state index contributed by atoms with van der Waals surface area (Å²) < 4.78 is 5.35. The Balaban J connectivity index is 2.10. The number of piperazine rings is 1. The van der Waals surface area contributed by atoms with E-state index in [0.717, 1.165) is 17.6 Å². The first-order valence-electron chi connectivity index (χ1n) is 6.78. The van der Waals surface area contributed by atoms with Crippen LogP contribution in [-0.4, -0.2) is 48.7 Å². The van der Waals surface area contributed by atoms with Gasteiger partial charge in [0.2, 0.25) is 5.91 Å². The van der Waals surface area contributed by atoms with E-state index in [1.165, 1.54) is 0 Å². The minimum absolute atomic E-state index is 0.390. The Morgan fingerprint density at radius 1 is 1.38 bits per heavy atom. The second-order valence-corrected chi connectivity index (χ2v) is 4.86. The first-order chi connectivity index (χ1) is 10.2. The number of primary amides is 1. The maximum absolute atomic E-state index is 11.7. The summed E-state index contributed by atoms with van der Waals surface area (Å²) in [5.41, 5.74) is 7.00. The lowest BCUT2D eigenvalue weighted by Gasteiger charge is -2.35. The van der Waals surface area contributed by atoms with Gasteiger partial charge in [-0.2, -0.15) is 0 Å². The molecule has 1 amide bonds. The van der Waals surface area contributed by atoms with Crippen LogP contribution in [0.5, 0.6) is 5.88 Å². The summed E-state index contributed by atoms with van der Waals surface area (Å²) in [6, 6.07) is 7.09. The Kier molecular flexibility index (Phi) is 3.57. The molecular weight excluding hydrogens is 270 g/mol. The molecule has 110 valence electrons. The van der Waals surface area contributed by atoms with Gasteiger partial charge in [0.15, 0.2) is 5.82 Å². The lowest BCUT2D eigenvalue weighted by atomic mass is 10.2. The standard InChI is InChI=1S/C14H17N5O2/c1-21-14-13(17-9-4-2-3-5-10(9)18-14)19-7-6-16-8-11(19)12(15)20/h2-5,11,16H,6-8H2,1H3,(H2,15,20). The van der Waals surface area contributed by atoms with Gasteiger partial charge in [-0.1, -0.05) is 12.1 Å². The molecule has 1 atom stereocenters. The van der Waals surface area contributed by atoms with Crippen molar-refractivity contribution in [3.05, 3.63) is 24.3 Å². The monoisotopic (exact) mass is 287 g/mol. The van der Waals surface area contributed by atoms with Crippen molar-refractivity contribution >= 4 is 22.8 Å². The molecule has 0 bridgehead atoms. The van der Waals surface area contributed by atoms with E-state index in [1.807, 2.05) is 29.2 Å². The molecular formula is C14H17N5O2. The smallest absolute Gasteiger partial charge is 0.258 e. The summed E-state index contributed by atoms with van der Waals surface area (Å²) in [6.45, 7) is 1.87. The van der Waals surface area contributed by atoms with Crippen LogP contribution < -0.4 is 20.7 Å². The SMILES string of the molecule is COc1nc2ccccc2nc1N1CCNCC1C(N)=O. The fraction of sp³-hybridized carbons (Fsp3) is 0.357. The number of fused-ring (bicyclic) bond motifs is 1. The number of hydrogen-bond acceptors (Lipinski definition) is 6. The third-order valence-electron chi connectivity index (χ3n) is 3.56. The van der Waals surface area contributed by atoms with Crippen molar-refractivity contribution in [1.29, 1.82) is 0 Å². The van der Waals surface area contributed by atoms with E-state index in [2.05, 4.69) is 15.3 Å². The number of nitrogens with zero attached hydrogens (tertiary/aromatic N) is 3. The van der Waals surface area contributed by atoms with Gasteiger partial charge in [0, 0.05) is 19.6 Å². The maximum Gasteiger partial charge on any atom is 0.258 e. The van der Waals surface area contributed by atoms with Crippen LogP contribution in [0.3, 0.4) is 0 Å². The molecule has 2 heterocycles. The van der Waals surface area contributed by atoms with Gasteiger partial charge in [-0.05, 0) is 12.1 Å². The fourth-order valence-corrected chi connectivity index (χ4v) is 2.51. The van der Waals surface area contributed by atoms with Crippen molar-refractivity contribution < 1.29 is 9.53 Å². The quantitative estimate of drug-likeness (QED) is 0.819. The van der Waals surface area contributed by atoms with Crippen LogP contribution in [0.25, 0.3) is 11.0 Å². The number of ether oxygens (including phenoxy) is 1. The summed E-state index contributed by atoms with van der Waals surface area (Å²) in [4.78, 5) is 22.6. The molecule has 1 aromatic heterocycles. The highest BCUT2D eigenvalue weighted by Gasteiger charge is 2.30. The first kappa shape index (κ1) is 13.6. The number of benzene rings is 1. The van der Waals surface area contributed by atoms with Crippen LogP contribution in [-0.2, 0) is 4.79 Å². The number of rotatable bonds is 3. The third-order valence-corrected chi connectivity index (χ3v) is 3.56. The Morgan fingerprint density at radius 2 is 2.10 bits per heavy atom. The Morgan fingerprint density at radius 3 is 2.76 bits per heavy atom. The van der Waals surface area contributed by atoms with Crippen LogP contribution in [0.4, 0.5) is 5.82 Å². The fourth-order valence-electron chi connectivity index (χ4n) is 2.51. The Labute approximate surface area is 122 Å². The molecule has 0 spiro atoms. The molecule has 3 rings (SSSR count). The lowest BCUT2D eigenvalue weighted by Crippen LogP contribution is -2.57. The Bertz CT molecular complexity index is 675. The van der Waals surface area contributed by atoms with E-state index in [4.69, 9.17) is 10.5 Å². The number of nitrogens with two attached hydrogens (primary N) is 1. The highest BCUT2D eigenvalue weighted by atomic mass is 16.5. The zero-order valence-corrected chi connectivity index (χ0v) is 11.7. The van der Waals surface area contributed by atoms with Gasteiger partial charge in [0.05, 0.1) is 18.1 Å². The van der Waals surface area contributed by atoms with E-state index in [0.29, 0.717) is 24.8 Å². The molecule has 2 aromatic rings. The number of carbonyl (C=O) groups is 1. The lowest BCUT2D eigenvalue weighted by molar-refractivity contribution is -0.119. The molecule has 0 saturated carbocycles. The zero-order chi connectivity index (χ0) is 14.8. The average Bonchev–Trinajstić information content (AvgIpc) is 2.53. The number of nitrogens with one attached hydrogen (secondary N) is 1. The minimum Gasteiger partial charge on any atom is -0.478 e. The molecule has 0 aliphatic carbocycles. The van der Waals surface area contributed by atoms with Gasteiger partial charge >= 0.3 is 0 Å². The van der Waals surface area contributed by atoms with E-state index >= 15 is 0 Å². The number of para-hydroxylation sites is 2. The zero-order valence-electron chi connectivity index (χ0n) is 11.7. The topological polar surface area (TPSA) is 93.4 Å². The normalized spacial score (nSPS) is 18.7. The van der Waals surface area contributed by atoms with Crippen molar-refractivity contribution in [2.75, 3.05) is 31.6 Å². The van der Waals surface area contributed by atoms with Crippen LogP contribution in [0.15, 0.2) is 24.3 Å². The summed E-state index contributed by atoms with van der Waals surface area (Å²) in [6.07, 6.45) is 0. The van der Waals surface area contributed by atoms with Crippen molar-refractivity contribution in [1.82, 2.24) is 15.3 Å². The van der Waals surface area contributed by atoms with Gasteiger partial charge in [-0.25, -0.2) is 9.97 Å². The van der Waals surface area contributed by atoms with Crippen molar-refractivity contribution in [3.8, 4) is 5.88 Å². The van der Waals surface area contributed by atoms with E-state index in [1.54, 1.807) is 7.11 Å². The second-order valence-electron chi connectivity index (χ2n) is 4.86. The molecule has 1 saturated heterocycles. The maximum atomic E-state index is 11.7. The summed E-state index contributed by atoms with van der Waals surface area (Å²) in [5.74, 6) is 0.572. The number of carbonyl (C=O) groups excluding carboxylic acids is 1. The summed E-state index contributed by atoms with van der Waals surface area (Å²) >= 11 is 0. The summed E-state index contributed by atoms with van der Waals surface area (Å²) in [7, 11) is 1.55. The average molecular weight is 287 g/mol. The largest absolute Gasteiger partial charge is 0.478 e. The van der Waals surface area contributed by atoms with Crippen LogP contribution in [0.1, 0.15) is 0 Å². The molecule has 1 aromatic carbocycles. The molecule has 21 heavy (non-hydrogen) atoms. The van der Waals surface area contributed by atoms with Gasteiger partial charge in [0.25, 0.3) is 5.88 Å².